The number of hydrogen-bond donors (Lipinski definition) is 1. The van der Waals surface area contributed by atoms with Gasteiger partial charge in [-0.05, 0) is 88.2 Å². The molecule has 3 rings (SSSR count). The zero-order chi connectivity index (χ0) is 20.7. The summed E-state index contributed by atoms with van der Waals surface area (Å²) >= 11 is 0. The van der Waals surface area contributed by atoms with Gasteiger partial charge in [0.2, 0.25) is 0 Å². The molecule has 0 bridgehead atoms. The molecule has 1 amide bonds. The van der Waals surface area contributed by atoms with Gasteiger partial charge in [0.05, 0.1) is 0 Å². The van der Waals surface area contributed by atoms with Gasteiger partial charge in [-0.15, -0.1) is 0 Å². The van der Waals surface area contributed by atoms with Crippen molar-refractivity contribution in [2.45, 2.75) is 64.9 Å². The van der Waals surface area contributed by atoms with Crippen molar-refractivity contribution in [2.24, 2.45) is 11.8 Å². The first-order chi connectivity index (χ1) is 14.0. The highest BCUT2D eigenvalue weighted by atomic mass is 16.5. The zero-order valence-electron chi connectivity index (χ0n) is 18.4. The zero-order valence-corrected chi connectivity index (χ0v) is 18.4. The normalized spacial score (nSPS) is 26.2. The van der Waals surface area contributed by atoms with Crippen molar-refractivity contribution >= 4 is 11.6 Å². The highest BCUT2D eigenvalue weighted by Crippen LogP contribution is 2.36. The van der Waals surface area contributed by atoms with Gasteiger partial charge in [-0.25, -0.2) is 0 Å². The number of benzene rings is 1. The van der Waals surface area contributed by atoms with E-state index >= 15 is 0 Å². The summed E-state index contributed by atoms with van der Waals surface area (Å²) in [6, 6.07) is 7.71. The fourth-order valence-electron chi connectivity index (χ4n) is 4.64. The molecule has 1 N–H and O–H groups in total. The number of rotatable bonds is 8. The Labute approximate surface area is 176 Å². The van der Waals surface area contributed by atoms with Gasteiger partial charge in [0.15, 0.2) is 0 Å². The average molecular weight is 403 g/mol. The van der Waals surface area contributed by atoms with Crippen molar-refractivity contribution < 1.29 is 14.3 Å². The molecular formula is C24H38N2O3. The Morgan fingerprint density at radius 3 is 2.52 bits per heavy atom. The summed E-state index contributed by atoms with van der Waals surface area (Å²) < 4.78 is 11.9. The van der Waals surface area contributed by atoms with Crippen LogP contribution in [0, 0.1) is 11.8 Å². The molecule has 1 heterocycles. The van der Waals surface area contributed by atoms with Crippen LogP contribution < -0.4 is 10.1 Å². The van der Waals surface area contributed by atoms with Crippen LogP contribution in [0.15, 0.2) is 24.3 Å². The van der Waals surface area contributed by atoms with Crippen LogP contribution in [-0.2, 0) is 9.53 Å². The summed E-state index contributed by atoms with van der Waals surface area (Å²) in [5, 5.41) is 3.07. The molecular weight excluding hydrogens is 364 g/mol. The predicted octanol–water partition coefficient (Wildman–Crippen LogP) is 4.72. The Hall–Kier alpha value is -1.59. The van der Waals surface area contributed by atoms with Crippen LogP contribution in [0.25, 0.3) is 0 Å². The van der Waals surface area contributed by atoms with Crippen LogP contribution in [0.3, 0.4) is 0 Å². The van der Waals surface area contributed by atoms with Crippen molar-refractivity contribution in [3.63, 3.8) is 0 Å². The molecule has 0 unspecified atom stereocenters. The van der Waals surface area contributed by atoms with Crippen LogP contribution in [0.4, 0.5) is 5.69 Å². The lowest BCUT2D eigenvalue weighted by molar-refractivity contribution is -0.147. The molecule has 29 heavy (non-hydrogen) atoms. The van der Waals surface area contributed by atoms with Gasteiger partial charge < -0.3 is 14.8 Å². The molecule has 2 atom stereocenters. The summed E-state index contributed by atoms with van der Waals surface area (Å²) in [6.07, 6.45) is 6.38. The molecule has 1 aliphatic carbocycles. The number of carbonyl (C=O) groups is 1. The lowest BCUT2D eigenvalue weighted by atomic mass is 9.78. The second-order valence-electron chi connectivity index (χ2n) is 8.98. The number of amides is 1. The van der Waals surface area contributed by atoms with Gasteiger partial charge in [0.25, 0.3) is 5.91 Å². The topological polar surface area (TPSA) is 50.8 Å². The van der Waals surface area contributed by atoms with Crippen LogP contribution >= 0.6 is 0 Å². The van der Waals surface area contributed by atoms with Crippen LogP contribution in [0.1, 0.15) is 59.3 Å². The molecule has 2 fully saturated rings. The van der Waals surface area contributed by atoms with E-state index in [1.54, 1.807) is 0 Å². The molecule has 162 valence electrons. The summed E-state index contributed by atoms with van der Waals surface area (Å²) in [6.45, 7) is 11.1. The summed E-state index contributed by atoms with van der Waals surface area (Å²) in [5.41, 5.74) is 0.109. The minimum Gasteiger partial charge on any atom is -0.492 e. The smallest absolute Gasteiger partial charge is 0.256 e. The van der Waals surface area contributed by atoms with Gasteiger partial charge >= 0.3 is 0 Å². The van der Waals surface area contributed by atoms with E-state index in [1.165, 1.54) is 32.4 Å². The quantitative estimate of drug-likeness (QED) is 0.683. The van der Waals surface area contributed by atoms with Crippen molar-refractivity contribution in [3.05, 3.63) is 24.3 Å². The lowest BCUT2D eigenvalue weighted by Gasteiger charge is -2.38. The van der Waals surface area contributed by atoms with E-state index < -0.39 is 5.60 Å². The maximum Gasteiger partial charge on any atom is 0.256 e. The van der Waals surface area contributed by atoms with Crippen molar-refractivity contribution in [1.29, 1.82) is 0 Å². The van der Waals surface area contributed by atoms with E-state index in [-0.39, 0.29) is 5.91 Å². The van der Waals surface area contributed by atoms with Crippen LogP contribution in [-0.4, -0.2) is 49.3 Å². The molecule has 0 spiro atoms. The number of nitrogens with zero attached hydrogens (tertiary/aromatic N) is 1. The van der Waals surface area contributed by atoms with Gasteiger partial charge in [0.1, 0.15) is 18.0 Å². The molecule has 1 aromatic carbocycles. The second-order valence-corrected chi connectivity index (χ2v) is 8.98. The Morgan fingerprint density at radius 2 is 1.86 bits per heavy atom. The number of nitrogens with one attached hydrogen (secondary N) is 1. The van der Waals surface area contributed by atoms with Crippen molar-refractivity contribution in [2.75, 3.05) is 38.2 Å². The molecule has 1 saturated carbocycles. The van der Waals surface area contributed by atoms with Crippen molar-refractivity contribution in [3.8, 4) is 5.75 Å². The van der Waals surface area contributed by atoms with Gasteiger partial charge in [-0.1, -0.05) is 20.3 Å². The Morgan fingerprint density at radius 1 is 1.14 bits per heavy atom. The highest BCUT2D eigenvalue weighted by molar-refractivity contribution is 5.97. The van der Waals surface area contributed by atoms with Gasteiger partial charge in [-0.3, -0.25) is 9.69 Å². The first-order valence-corrected chi connectivity index (χ1v) is 11.4. The third-order valence-corrected chi connectivity index (χ3v) is 6.45. The summed E-state index contributed by atoms with van der Waals surface area (Å²) in [4.78, 5) is 15.5. The monoisotopic (exact) mass is 402 g/mol. The van der Waals surface area contributed by atoms with E-state index in [1.807, 2.05) is 31.2 Å². The molecule has 1 aromatic rings. The highest BCUT2D eigenvalue weighted by Gasteiger charge is 2.42. The van der Waals surface area contributed by atoms with Gasteiger partial charge in [-0.2, -0.15) is 0 Å². The fraction of sp³-hybridized carbons (Fsp3) is 0.708. The number of anilines is 1. The SMILES string of the molecule is CCO[C@@]1(C(=O)Nc2ccc(OCCN3CCC(C)CC3)cc2)CCC[C@@H](C)C1. The molecule has 1 saturated heterocycles. The minimum absolute atomic E-state index is 0.0149. The third-order valence-electron chi connectivity index (χ3n) is 6.45. The minimum atomic E-state index is -0.687. The molecule has 0 aromatic heterocycles. The van der Waals surface area contributed by atoms with E-state index in [2.05, 4.69) is 24.1 Å². The lowest BCUT2D eigenvalue weighted by Crippen LogP contribution is -2.48. The molecule has 0 radical (unpaired) electrons. The fourth-order valence-corrected chi connectivity index (χ4v) is 4.64. The molecule has 5 heteroatoms. The molecule has 1 aliphatic heterocycles. The number of carbonyl (C=O) groups excluding carboxylic acids is 1. The second kappa shape index (κ2) is 10.4. The average Bonchev–Trinajstić information content (AvgIpc) is 2.71. The Bertz CT molecular complexity index is 636. The Kier molecular flexibility index (Phi) is 7.96. The number of likely N-dealkylation sites (tertiary alicyclic amines) is 1. The molecule has 5 nitrogen and oxygen atoms in total. The van der Waals surface area contributed by atoms with E-state index in [9.17, 15) is 4.79 Å². The Balaban J connectivity index is 1.48. The first-order valence-electron chi connectivity index (χ1n) is 11.4. The third kappa shape index (κ3) is 6.19. The van der Waals surface area contributed by atoms with Crippen LogP contribution in [0.2, 0.25) is 0 Å². The molecule has 2 aliphatic rings. The number of ether oxygens (including phenoxy) is 2. The summed E-state index contributed by atoms with van der Waals surface area (Å²) in [5.74, 6) is 2.20. The first kappa shape index (κ1) is 22.1. The number of piperidine rings is 1. The largest absolute Gasteiger partial charge is 0.492 e. The summed E-state index contributed by atoms with van der Waals surface area (Å²) in [7, 11) is 0. The van der Waals surface area contributed by atoms with Crippen LogP contribution in [0.5, 0.6) is 5.75 Å². The van der Waals surface area contributed by atoms with Crippen molar-refractivity contribution in [1.82, 2.24) is 4.90 Å². The predicted molar refractivity (Wildman–Crippen MR) is 117 cm³/mol. The maximum absolute atomic E-state index is 13.0. The van der Waals surface area contributed by atoms with Gasteiger partial charge in [0, 0.05) is 18.8 Å². The van der Waals surface area contributed by atoms with E-state index in [4.69, 9.17) is 9.47 Å². The number of hydrogen-bond acceptors (Lipinski definition) is 4. The van der Waals surface area contributed by atoms with E-state index in [0.717, 1.165) is 43.2 Å². The maximum atomic E-state index is 13.0. The van der Waals surface area contributed by atoms with E-state index in [0.29, 0.717) is 19.1 Å². The standard InChI is InChI=1S/C24H38N2O3/c1-4-29-24(13-5-6-20(3)18-24)23(27)25-21-7-9-22(10-8-21)28-17-16-26-14-11-19(2)12-15-26/h7-10,19-20H,4-6,11-18H2,1-3H3,(H,25,27)/t20-,24+/m1/s1.